The van der Waals surface area contributed by atoms with Gasteiger partial charge in [0.15, 0.2) is 0 Å². The van der Waals surface area contributed by atoms with Crippen molar-refractivity contribution in [3.05, 3.63) is 69.3 Å². The van der Waals surface area contributed by atoms with Crippen molar-refractivity contribution in [3.8, 4) is 0 Å². The minimum atomic E-state index is -0.416. The third-order valence-electron chi connectivity index (χ3n) is 4.91. The van der Waals surface area contributed by atoms with Crippen LogP contribution in [0.3, 0.4) is 0 Å². The summed E-state index contributed by atoms with van der Waals surface area (Å²) in [5, 5.41) is 10.3. The van der Waals surface area contributed by atoms with E-state index in [1.807, 2.05) is 30.5 Å². The number of halogens is 1. The first kappa shape index (κ1) is 21.6. The molecule has 0 aliphatic carbocycles. The Bertz CT molecular complexity index is 1090. The maximum absolute atomic E-state index is 14.0. The number of unbranched alkanes of at least 4 members (excludes halogenated alkanes) is 1. The van der Waals surface area contributed by atoms with Crippen LogP contribution in [-0.2, 0) is 15.3 Å². The van der Waals surface area contributed by atoms with Gasteiger partial charge in [-0.2, -0.15) is 4.98 Å². The van der Waals surface area contributed by atoms with E-state index in [0.717, 1.165) is 17.7 Å². The number of hydrogen-bond acceptors (Lipinski definition) is 7. The highest BCUT2D eigenvalue weighted by Crippen LogP contribution is 2.38. The summed E-state index contributed by atoms with van der Waals surface area (Å²) >= 11 is 2.91. The van der Waals surface area contributed by atoms with Crippen molar-refractivity contribution in [2.24, 2.45) is 0 Å². The van der Waals surface area contributed by atoms with Gasteiger partial charge in [-0.1, -0.05) is 49.4 Å². The number of thioether (sulfide) groups is 1. The van der Waals surface area contributed by atoms with Crippen molar-refractivity contribution in [3.63, 3.8) is 0 Å². The Morgan fingerprint density at radius 1 is 1.32 bits per heavy atom. The van der Waals surface area contributed by atoms with Crippen LogP contribution in [0.1, 0.15) is 43.2 Å². The van der Waals surface area contributed by atoms with E-state index in [2.05, 4.69) is 22.3 Å². The number of fused-ring (bicyclic) bond motifs is 1. The zero-order valence-corrected chi connectivity index (χ0v) is 18.9. The molecule has 0 bridgehead atoms. The molecular formula is C22H23FN4O2S2. The SMILES string of the molecule is CCCCOC(=O)C1=C(C)Nc2nc(SCc3ccccc3F)nn2C1c1cccs1. The first-order valence-corrected chi connectivity index (χ1v) is 12.0. The summed E-state index contributed by atoms with van der Waals surface area (Å²) in [7, 11) is 0. The van der Waals surface area contributed by atoms with Gasteiger partial charge in [0, 0.05) is 16.3 Å². The number of benzene rings is 1. The molecule has 1 atom stereocenters. The van der Waals surface area contributed by atoms with E-state index in [0.29, 0.717) is 40.3 Å². The lowest BCUT2D eigenvalue weighted by atomic mass is 10.0. The van der Waals surface area contributed by atoms with Crippen molar-refractivity contribution < 1.29 is 13.9 Å². The van der Waals surface area contributed by atoms with Gasteiger partial charge < -0.3 is 10.1 Å². The van der Waals surface area contributed by atoms with E-state index >= 15 is 0 Å². The quantitative estimate of drug-likeness (QED) is 0.277. The summed E-state index contributed by atoms with van der Waals surface area (Å²) in [5.41, 5.74) is 1.82. The van der Waals surface area contributed by atoms with Crippen LogP contribution in [0, 0.1) is 5.82 Å². The number of aromatic nitrogens is 3. The number of nitrogens with one attached hydrogen (secondary N) is 1. The number of carbonyl (C=O) groups excluding carboxylic acids is 1. The molecule has 2 aromatic heterocycles. The average Bonchev–Trinajstić information content (AvgIpc) is 3.42. The summed E-state index contributed by atoms with van der Waals surface area (Å²) in [5.74, 6) is 0.372. The first-order chi connectivity index (χ1) is 15.1. The number of anilines is 1. The zero-order chi connectivity index (χ0) is 21.8. The molecule has 0 amide bonds. The third kappa shape index (κ3) is 4.67. The Morgan fingerprint density at radius 2 is 2.16 bits per heavy atom. The molecule has 4 rings (SSSR count). The number of rotatable bonds is 8. The molecule has 1 N–H and O–H groups in total. The lowest BCUT2D eigenvalue weighted by molar-refractivity contribution is -0.139. The molecule has 162 valence electrons. The lowest BCUT2D eigenvalue weighted by Crippen LogP contribution is -2.29. The van der Waals surface area contributed by atoms with Gasteiger partial charge in [0.2, 0.25) is 11.1 Å². The van der Waals surface area contributed by atoms with Gasteiger partial charge in [-0.3, -0.25) is 0 Å². The average molecular weight is 459 g/mol. The number of allylic oxidation sites excluding steroid dienone is 1. The Labute approximate surface area is 188 Å². The van der Waals surface area contributed by atoms with E-state index < -0.39 is 6.04 Å². The molecule has 3 aromatic rings. The largest absolute Gasteiger partial charge is 0.462 e. The van der Waals surface area contributed by atoms with E-state index in [1.54, 1.807) is 28.2 Å². The first-order valence-electron chi connectivity index (χ1n) is 10.1. The highest BCUT2D eigenvalue weighted by molar-refractivity contribution is 7.98. The molecule has 9 heteroatoms. The number of esters is 1. The van der Waals surface area contributed by atoms with Gasteiger partial charge in [-0.05, 0) is 36.4 Å². The number of thiophene rings is 1. The summed E-state index contributed by atoms with van der Waals surface area (Å²) < 4.78 is 21.2. The van der Waals surface area contributed by atoms with Crippen LogP contribution in [-0.4, -0.2) is 27.3 Å². The van der Waals surface area contributed by atoms with Crippen LogP contribution in [0.15, 0.2) is 58.2 Å². The van der Waals surface area contributed by atoms with Gasteiger partial charge in [0.25, 0.3) is 0 Å². The maximum Gasteiger partial charge on any atom is 0.338 e. The summed E-state index contributed by atoms with van der Waals surface area (Å²) in [6.07, 6.45) is 1.77. The molecule has 0 spiro atoms. The van der Waals surface area contributed by atoms with Crippen molar-refractivity contribution in [2.45, 2.75) is 43.6 Å². The Morgan fingerprint density at radius 3 is 2.90 bits per heavy atom. The van der Waals surface area contributed by atoms with Crippen molar-refractivity contribution in [1.29, 1.82) is 0 Å². The van der Waals surface area contributed by atoms with Gasteiger partial charge in [0.05, 0.1) is 12.2 Å². The molecule has 0 radical (unpaired) electrons. The molecule has 3 heterocycles. The third-order valence-corrected chi connectivity index (χ3v) is 6.72. The van der Waals surface area contributed by atoms with E-state index in [1.165, 1.54) is 17.8 Å². The monoisotopic (exact) mass is 458 g/mol. The summed E-state index contributed by atoms with van der Waals surface area (Å²) in [6.45, 7) is 4.29. The minimum absolute atomic E-state index is 0.247. The van der Waals surface area contributed by atoms with Gasteiger partial charge in [-0.25, -0.2) is 13.9 Å². The topological polar surface area (TPSA) is 69.0 Å². The van der Waals surface area contributed by atoms with Crippen molar-refractivity contribution in [1.82, 2.24) is 14.8 Å². The summed E-state index contributed by atoms with van der Waals surface area (Å²) in [6, 6.07) is 10.2. The van der Waals surface area contributed by atoms with Crippen LogP contribution in [0.25, 0.3) is 0 Å². The van der Waals surface area contributed by atoms with E-state index in [9.17, 15) is 9.18 Å². The number of hydrogen-bond donors (Lipinski definition) is 1. The number of carbonyl (C=O) groups is 1. The Hall–Kier alpha value is -2.65. The maximum atomic E-state index is 14.0. The highest BCUT2D eigenvalue weighted by atomic mass is 32.2. The van der Waals surface area contributed by atoms with Crippen molar-refractivity contribution in [2.75, 3.05) is 11.9 Å². The van der Waals surface area contributed by atoms with E-state index in [-0.39, 0.29) is 11.8 Å². The molecule has 1 aromatic carbocycles. The van der Waals surface area contributed by atoms with Crippen LogP contribution >= 0.6 is 23.1 Å². The predicted octanol–water partition coefficient (Wildman–Crippen LogP) is 5.40. The second-order valence-electron chi connectivity index (χ2n) is 7.11. The van der Waals surface area contributed by atoms with Gasteiger partial charge in [-0.15, -0.1) is 16.4 Å². The van der Waals surface area contributed by atoms with E-state index in [4.69, 9.17) is 4.74 Å². The lowest BCUT2D eigenvalue weighted by Gasteiger charge is -2.27. The summed E-state index contributed by atoms with van der Waals surface area (Å²) in [4.78, 5) is 18.5. The fourth-order valence-electron chi connectivity index (χ4n) is 3.31. The minimum Gasteiger partial charge on any atom is -0.462 e. The molecule has 0 saturated carbocycles. The molecule has 6 nitrogen and oxygen atoms in total. The molecule has 0 fully saturated rings. The molecular weight excluding hydrogens is 435 g/mol. The zero-order valence-electron chi connectivity index (χ0n) is 17.3. The molecule has 1 aliphatic heterocycles. The standard InChI is InChI=1S/C22H23FN4O2S2/c1-3-4-11-29-20(28)18-14(2)24-21-25-22(31-13-15-8-5-6-9-16(15)23)26-27(21)19(18)17-10-7-12-30-17/h5-10,12,19H,3-4,11,13H2,1-2H3,(H,24,25,26). The van der Waals surface area contributed by atoms with Gasteiger partial charge in [0.1, 0.15) is 11.9 Å². The van der Waals surface area contributed by atoms with Crippen molar-refractivity contribution >= 4 is 35.0 Å². The normalized spacial score (nSPS) is 15.5. The Kier molecular flexibility index (Phi) is 6.72. The fraction of sp³-hybridized carbons (Fsp3) is 0.318. The molecule has 31 heavy (non-hydrogen) atoms. The smallest absolute Gasteiger partial charge is 0.338 e. The number of nitrogens with zero attached hydrogens (tertiary/aromatic N) is 3. The predicted molar refractivity (Wildman–Crippen MR) is 121 cm³/mol. The van der Waals surface area contributed by atoms with Gasteiger partial charge >= 0.3 is 5.97 Å². The van der Waals surface area contributed by atoms with Crippen LogP contribution in [0.5, 0.6) is 0 Å². The molecule has 1 unspecified atom stereocenters. The second kappa shape index (κ2) is 9.65. The van der Waals surface area contributed by atoms with Crippen LogP contribution in [0.2, 0.25) is 0 Å². The molecule has 0 saturated heterocycles. The fourth-order valence-corrected chi connectivity index (χ4v) is 4.94. The van der Waals surface area contributed by atoms with Crippen LogP contribution < -0.4 is 5.32 Å². The molecule has 1 aliphatic rings. The second-order valence-corrected chi connectivity index (χ2v) is 9.04. The highest BCUT2D eigenvalue weighted by Gasteiger charge is 2.35. The number of ether oxygens (including phenoxy) is 1. The van der Waals surface area contributed by atoms with Crippen LogP contribution in [0.4, 0.5) is 10.3 Å². The Balaban J connectivity index is 1.62.